The number of nitrogens with zero attached hydrogens (tertiary/aromatic N) is 4. The van der Waals surface area contributed by atoms with Crippen molar-refractivity contribution in [1.82, 2.24) is 14.9 Å². The summed E-state index contributed by atoms with van der Waals surface area (Å²) >= 11 is 1.57. The molecule has 7 nitrogen and oxygen atoms in total. The molecule has 1 aliphatic rings. The van der Waals surface area contributed by atoms with E-state index in [2.05, 4.69) is 31.0 Å². The van der Waals surface area contributed by atoms with Gasteiger partial charge in [-0.3, -0.25) is 9.59 Å². The number of aromatic nitrogens is 2. The van der Waals surface area contributed by atoms with Gasteiger partial charge >= 0.3 is 5.97 Å². The summed E-state index contributed by atoms with van der Waals surface area (Å²) < 4.78 is 5.18. The van der Waals surface area contributed by atoms with Crippen LogP contribution in [0.2, 0.25) is 0 Å². The SMILES string of the molecule is CCOC(=O)[C@H]1CCCN(C(=O)c2cccc(CSc3nc(C)c(C)c(N(C)Cc4ccccc4)n3)c2)C1. The summed E-state index contributed by atoms with van der Waals surface area (Å²) in [5.41, 5.74) is 4.92. The number of rotatable bonds is 9. The highest BCUT2D eigenvalue weighted by Gasteiger charge is 2.29. The zero-order valence-corrected chi connectivity index (χ0v) is 23.5. The topological polar surface area (TPSA) is 75.6 Å². The van der Waals surface area contributed by atoms with Gasteiger partial charge in [0.1, 0.15) is 5.82 Å². The molecule has 1 fully saturated rings. The molecule has 0 radical (unpaired) electrons. The molecule has 0 spiro atoms. The molecule has 0 saturated carbocycles. The molecule has 1 amide bonds. The number of esters is 1. The molecule has 0 aliphatic carbocycles. The van der Waals surface area contributed by atoms with E-state index < -0.39 is 0 Å². The lowest BCUT2D eigenvalue weighted by Gasteiger charge is -2.31. The van der Waals surface area contributed by atoms with Gasteiger partial charge in [-0.1, -0.05) is 54.2 Å². The average molecular weight is 533 g/mol. The molecular weight excluding hydrogens is 496 g/mol. The number of anilines is 1. The molecule has 0 N–H and O–H groups in total. The van der Waals surface area contributed by atoms with Crippen molar-refractivity contribution in [2.24, 2.45) is 5.92 Å². The molecule has 38 heavy (non-hydrogen) atoms. The van der Waals surface area contributed by atoms with Gasteiger partial charge in [0.25, 0.3) is 5.91 Å². The summed E-state index contributed by atoms with van der Waals surface area (Å²) in [7, 11) is 2.05. The number of carbonyl (C=O) groups is 2. The van der Waals surface area contributed by atoms with Crippen molar-refractivity contribution in [2.45, 2.75) is 51.1 Å². The van der Waals surface area contributed by atoms with Gasteiger partial charge in [-0.05, 0) is 56.9 Å². The third kappa shape index (κ3) is 6.92. The second-order valence-corrected chi connectivity index (χ2v) is 10.7. The molecule has 1 aromatic heterocycles. The lowest BCUT2D eigenvalue weighted by Crippen LogP contribution is -2.42. The van der Waals surface area contributed by atoms with Crippen LogP contribution in [0.15, 0.2) is 59.8 Å². The zero-order chi connectivity index (χ0) is 27.1. The van der Waals surface area contributed by atoms with Crippen LogP contribution in [0, 0.1) is 19.8 Å². The number of amides is 1. The highest BCUT2D eigenvalue weighted by atomic mass is 32.2. The summed E-state index contributed by atoms with van der Waals surface area (Å²) in [4.78, 5) is 39.0. The van der Waals surface area contributed by atoms with E-state index >= 15 is 0 Å². The van der Waals surface area contributed by atoms with Crippen molar-refractivity contribution in [2.75, 3.05) is 31.6 Å². The van der Waals surface area contributed by atoms with E-state index in [1.54, 1.807) is 23.6 Å². The highest BCUT2D eigenvalue weighted by molar-refractivity contribution is 7.98. The predicted octanol–water partition coefficient (Wildman–Crippen LogP) is 5.44. The molecule has 0 unspecified atom stereocenters. The Bertz CT molecular complexity index is 1270. The van der Waals surface area contributed by atoms with Crippen molar-refractivity contribution in [3.8, 4) is 0 Å². The Morgan fingerprint density at radius 2 is 1.84 bits per heavy atom. The number of hydrogen-bond acceptors (Lipinski definition) is 7. The Kier molecular flexibility index (Phi) is 9.39. The maximum atomic E-state index is 13.2. The molecule has 200 valence electrons. The number of hydrogen-bond donors (Lipinski definition) is 0. The van der Waals surface area contributed by atoms with Crippen molar-refractivity contribution in [3.05, 3.63) is 82.5 Å². The van der Waals surface area contributed by atoms with Gasteiger partial charge < -0.3 is 14.5 Å². The van der Waals surface area contributed by atoms with Crippen molar-refractivity contribution in [3.63, 3.8) is 0 Å². The second kappa shape index (κ2) is 12.9. The van der Waals surface area contributed by atoms with Crippen molar-refractivity contribution >= 4 is 29.5 Å². The van der Waals surface area contributed by atoms with Crippen LogP contribution in [-0.4, -0.2) is 53.5 Å². The highest BCUT2D eigenvalue weighted by Crippen LogP contribution is 2.27. The Hall–Kier alpha value is -3.39. The maximum absolute atomic E-state index is 13.2. The van der Waals surface area contributed by atoms with E-state index in [9.17, 15) is 9.59 Å². The Labute approximate surface area is 229 Å². The summed E-state index contributed by atoms with van der Waals surface area (Å²) in [6, 6.07) is 18.1. The number of benzene rings is 2. The fraction of sp³-hybridized carbons (Fsp3) is 0.400. The van der Waals surface area contributed by atoms with E-state index in [1.807, 2.05) is 49.4 Å². The molecule has 3 aromatic rings. The monoisotopic (exact) mass is 532 g/mol. The third-order valence-corrected chi connectivity index (χ3v) is 7.76. The first kappa shape index (κ1) is 27.6. The number of carbonyl (C=O) groups excluding carboxylic acids is 2. The van der Waals surface area contributed by atoms with E-state index in [0.717, 1.165) is 42.0 Å². The number of piperidine rings is 1. The molecule has 8 heteroatoms. The van der Waals surface area contributed by atoms with Gasteiger partial charge in [0.15, 0.2) is 5.16 Å². The van der Waals surface area contributed by atoms with Crippen LogP contribution in [0.3, 0.4) is 0 Å². The van der Waals surface area contributed by atoms with Gasteiger partial charge in [-0.25, -0.2) is 9.97 Å². The van der Waals surface area contributed by atoms with Gasteiger partial charge in [-0.15, -0.1) is 0 Å². The minimum absolute atomic E-state index is 0.0434. The number of ether oxygens (including phenoxy) is 1. The first-order chi connectivity index (χ1) is 18.4. The van der Waals surface area contributed by atoms with Gasteiger partial charge in [0.2, 0.25) is 0 Å². The standard InChI is InChI=1S/C30H36N4O3S/c1-5-37-29(36)26-15-10-16-34(19-26)28(35)25-14-9-13-24(17-25)20-38-30-31-22(3)21(2)27(32-30)33(4)18-23-11-7-6-8-12-23/h6-9,11-14,17,26H,5,10,15-16,18-20H2,1-4H3/t26-/m0/s1. The van der Waals surface area contributed by atoms with Crippen LogP contribution in [0.4, 0.5) is 5.82 Å². The van der Waals surface area contributed by atoms with E-state index in [-0.39, 0.29) is 17.8 Å². The molecule has 1 aliphatic heterocycles. The first-order valence-corrected chi connectivity index (χ1v) is 14.1. The molecule has 0 bridgehead atoms. The van der Waals surface area contributed by atoms with Crippen LogP contribution < -0.4 is 4.90 Å². The zero-order valence-electron chi connectivity index (χ0n) is 22.6. The Balaban J connectivity index is 1.42. The van der Waals surface area contributed by atoms with E-state index in [0.29, 0.717) is 36.2 Å². The normalized spacial score (nSPS) is 15.3. The summed E-state index contributed by atoms with van der Waals surface area (Å²) in [6.07, 6.45) is 1.56. The van der Waals surface area contributed by atoms with Gasteiger partial charge in [0, 0.05) is 49.3 Å². The first-order valence-electron chi connectivity index (χ1n) is 13.1. The molecule has 4 rings (SSSR count). The van der Waals surface area contributed by atoms with E-state index in [4.69, 9.17) is 14.7 Å². The molecule has 1 atom stereocenters. The number of aryl methyl sites for hydroxylation is 1. The predicted molar refractivity (Wildman–Crippen MR) is 151 cm³/mol. The summed E-state index contributed by atoms with van der Waals surface area (Å²) in [5, 5.41) is 0.716. The Morgan fingerprint density at radius 3 is 2.61 bits per heavy atom. The van der Waals surface area contributed by atoms with E-state index in [1.165, 1.54) is 5.56 Å². The van der Waals surface area contributed by atoms with Gasteiger partial charge in [0.05, 0.1) is 12.5 Å². The summed E-state index contributed by atoms with van der Waals surface area (Å²) in [6.45, 7) is 8.07. The van der Waals surface area contributed by atoms with Crippen LogP contribution in [0.5, 0.6) is 0 Å². The largest absolute Gasteiger partial charge is 0.466 e. The van der Waals surface area contributed by atoms with Crippen LogP contribution in [0.25, 0.3) is 0 Å². The lowest BCUT2D eigenvalue weighted by molar-refractivity contribution is -0.149. The summed E-state index contributed by atoms with van der Waals surface area (Å²) in [5.74, 6) is 1.07. The second-order valence-electron chi connectivity index (χ2n) is 9.71. The third-order valence-electron chi connectivity index (χ3n) is 6.84. The Morgan fingerprint density at radius 1 is 1.08 bits per heavy atom. The van der Waals surface area contributed by atoms with Crippen LogP contribution in [0.1, 0.15) is 52.5 Å². The molecule has 1 saturated heterocycles. The maximum Gasteiger partial charge on any atom is 0.310 e. The van der Waals surface area contributed by atoms with Crippen molar-refractivity contribution < 1.29 is 14.3 Å². The minimum atomic E-state index is -0.248. The molecular formula is C30H36N4O3S. The lowest BCUT2D eigenvalue weighted by atomic mass is 9.97. The molecule has 2 heterocycles. The molecule has 2 aromatic carbocycles. The quantitative estimate of drug-likeness (QED) is 0.206. The number of thioether (sulfide) groups is 1. The average Bonchev–Trinajstić information content (AvgIpc) is 2.94. The fourth-order valence-electron chi connectivity index (χ4n) is 4.70. The van der Waals surface area contributed by atoms with Crippen LogP contribution >= 0.6 is 11.8 Å². The van der Waals surface area contributed by atoms with Crippen LogP contribution in [-0.2, 0) is 21.8 Å². The smallest absolute Gasteiger partial charge is 0.310 e. The van der Waals surface area contributed by atoms with Crippen molar-refractivity contribution in [1.29, 1.82) is 0 Å². The fourth-order valence-corrected chi connectivity index (χ4v) is 5.52. The minimum Gasteiger partial charge on any atom is -0.466 e. The van der Waals surface area contributed by atoms with Gasteiger partial charge in [-0.2, -0.15) is 0 Å². The number of likely N-dealkylation sites (tertiary alicyclic amines) is 1.